The van der Waals surface area contributed by atoms with Crippen LogP contribution >= 0.6 is 0 Å². The Labute approximate surface area is 137 Å². The van der Waals surface area contributed by atoms with Crippen molar-refractivity contribution in [1.29, 1.82) is 0 Å². The molecule has 0 fully saturated rings. The summed E-state index contributed by atoms with van der Waals surface area (Å²) in [4.78, 5) is 22.9. The third-order valence-corrected chi connectivity index (χ3v) is 3.59. The van der Waals surface area contributed by atoms with Crippen LogP contribution in [0.25, 0.3) is 11.3 Å². The molecule has 2 aromatic heterocycles. The van der Waals surface area contributed by atoms with Gasteiger partial charge in [-0.2, -0.15) is 0 Å². The molecule has 0 bridgehead atoms. The minimum absolute atomic E-state index is 0.349. The molecule has 0 aliphatic rings. The van der Waals surface area contributed by atoms with E-state index in [1.54, 1.807) is 0 Å². The molecule has 2 heterocycles. The van der Waals surface area contributed by atoms with Crippen LogP contribution in [0.3, 0.4) is 0 Å². The predicted molar refractivity (Wildman–Crippen MR) is 86.0 cm³/mol. The number of hydrogen-bond acceptors (Lipinski definition) is 6. The highest BCUT2D eigenvalue weighted by Gasteiger charge is 2.26. The molecule has 0 amide bonds. The first-order valence-electron chi connectivity index (χ1n) is 7.66. The Morgan fingerprint density at radius 1 is 0.792 bits per heavy atom. The van der Waals surface area contributed by atoms with Crippen LogP contribution in [0.2, 0.25) is 0 Å². The Morgan fingerprint density at radius 2 is 1.38 bits per heavy atom. The summed E-state index contributed by atoms with van der Waals surface area (Å²) < 4.78 is 20.6. The van der Waals surface area contributed by atoms with Crippen LogP contribution in [0, 0.1) is 0 Å². The van der Waals surface area contributed by atoms with E-state index in [0.717, 1.165) is 5.56 Å². The van der Waals surface area contributed by atoms with Crippen molar-refractivity contribution < 1.29 is 17.7 Å². The molecule has 3 rings (SSSR count). The second-order valence-corrected chi connectivity index (χ2v) is 6.53. The first kappa shape index (κ1) is 16.1. The standard InChI is InChI=1S/C18H18O6/c1-18(2,3)15-13(22-17(20)24-15)10-9-12-14(23-16(19)21-12)11-7-5-4-6-8-11/h4-8H,9-10H2,1-3H3. The Morgan fingerprint density at radius 3 is 2.04 bits per heavy atom. The van der Waals surface area contributed by atoms with Crippen LogP contribution < -0.4 is 11.6 Å². The van der Waals surface area contributed by atoms with Crippen LogP contribution in [-0.4, -0.2) is 0 Å². The highest BCUT2D eigenvalue weighted by Crippen LogP contribution is 2.28. The molecule has 24 heavy (non-hydrogen) atoms. The molecule has 3 aromatic rings. The van der Waals surface area contributed by atoms with E-state index in [-0.39, 0.29) is 5.41 Å². The topological polar surface area (TPSA) is 86.7 Å². The van der Waals surface area contributed by atoms with Gasteiger partial charge in [-0.15, -0.1) is 0 Å². The number of hydrogen-bond donors (Lipinski definition) is 0. The van der Waals surface area contributed by atoms with E-state index >= 15 is 0 Å². The third-order valence-electron chi connectivity index (χ3n) is 3.59. The van der Waals surface area contributed by atoms with Crippen LogP contribution in [-0.2, 0) is 18.3 Å². The molecule has 0 aliphatic heterocycles. The van der Waals surface area contributed by atoms with Crippen molar-refractivity contribution in [3.63, 3.8) is 0 Å². The molecule has 0 aliphatic carbocycles. The van der Waals surface area contributed by atoms with Crippen molar-refractivity contribution in [2.75, 3.05) is 0 Å². The molecular weight excluding hydrogens is 312 g/mol. The van der Waals surface area contributed by atoms with Gasteiger partial charge >= 0.3 is 11.6 Å². The minimum atomic E-state index is -0.756. The highest BCUT2D eigenvalue weighted by molar-refractivity contribution is 5.58. The van der Waals surface area contributed by atoms with E-state index in [9.17, 15) is 9.59 Å². The lowest BCUT2D eigenvalue weighted by molar-refractivity contribution is 0.343. The van der Waals surface area contributed by atoms with Gasteiger partial charge in [-0.05, 0) is 0 Å². The maximum absolute atomic E-state index is 11.5. The van der Waals surface area contributed by atoms with E-state index in [4.69, 9.17) is 17.7 Å². The summed E-state index contributed by atoms with van der Waals surface area (Å²) in [5.74, 6) is 0.272. The van der Waals surface area contributed by atoms with E-state index in [1.807, 2.05) is 51.1 Å². The smallest absolute Gasteiger partial charge is 0.396 e. The Balaban J connectivity index is 1.89. The van der Waals surface area contributed by atoms with E-state index < -0.39 is 11.6 Å². The first-order chi connectivity index (χ1) is 11.3. The summed E-state index contributed by atoms with van der Waals surface area (Å²) in [6, 6.07) is 9.22. The second-order valence-electron chi connectivity index (χ2n) is 6.53. The van der Waals surface area contributed by atoms with Crippen LogP contribution in [0.5, 0.6) is 0 Å². The lowest BCUT2D eigenvalue weighted by Gasteiger charge is -2.14. The quantitative estimate of drug-likeness (QED) is 0.727. The zero-order chi connectivity index (χ0) is 17.3. The van der Waals surface area contributed by atoms with Gasteiger partial charge in [-0.1, -0.05) is 51.1 Å². The highest BCUT2D eigenvalue weighted by atomic mass is 16.6. The molecule has 126 valence electrons. The number of benzene rings is 1. The predicted octanol–water partition coefficient (Wildman–Crippen LogP) is 3.53. The van der Waals surface area contributed by atoms with Gasteiger partial charge in [0.1, 0.15) is 0 Å². The number of aryl methyl sites for hydroxylation is 2. The van der Waals surface area contributed by atoms with Gasteiger partial charge in [0.2, 0.25) is 0 Å². The van der Waals surface area contributed by atoms with Crippen molar-refractivity contribution in [3.05, 3.63) is 68.8 Å². The zero-order valence-electron chi connectivity index (χ0n) is 13.8. The van der Waals surface area contributed by atoms with Gasteiger partial charge in [-0.3, -0.25) is 0 Å². The van der Waals surface area contributed by atoms with Crippen molar-refractivity contribution in [2.45, 2.75) is 39.0 Å². The van der Waals surface area contributed by atoms with Gasteiger partial charge < -0.3 is 17.7 Å². The first-order valence-corrected chi connectivity index (χ1v) is 7.66. The molecular formula is C18H18O6. The van der Waals surface area contributed by atoms with E-state index in [2.05, 4.69) is 0 Å². The van der Waals surface area contributed by atoms with Gasteiger partial charge in [0.25, 0.3) is 0 Å². The average molecular weight is 330 g/mol. The van der Waals surface area contributed by atoms with Crippen molar-refractivity contribution >= 4 is 0 Å². The summed E-state index contributed by atoms with van der Waals surface area (Å²) in [6.07, 6.45) is 0.710. The molecule has 0 saturated heterocycles. The van der Waals surface area contributed by atoms with E-state index in [0.29, 0.717) is 35.9 Å². The molecule has 0 N–H and O–H groups in total. The fraction of sp³-hybridized carbons (Fsp3) is 0.333. The summed E-state index contributed by atoms with van der Waals surface area (Å²) in [5.41, 5.74) is 0.393. The monoisotopic (exact) mass is 330 g/mol. The Bertz CT molecular complexity index is 930. The van der Waals surface area contributed by atoms with Crippen molar-refractivity contribution in [2.24, 2.45) is 0 Å². The van der Waals surface area contributed by atoms with Gasteiger partial charge in [0, 0.05) is 23.8 Å². The lowest BCUT2D eigenvalue weighted by Crippen LogP contribution is -2.13. The third kappa shape index (κ3) is 3.27. The summed E-state index contributed by atoms with van der Waals surface area (Å²) >= 11 is 0. The largest absolute Gasteiger partial charge is 0.519 e. The normalized spacial score (nSPS) is 11.8. The fourth-order valence-electron chi connectivity index (χ4n) is 2.55. The maximum atomic E-state index is 11.5. The Hall–Kier alpha value is -2.76. The molecule has 6 heteroatoms. The Kier molecular flexibility index (Phi) is 4.05. The minimum Gasteiger partial charge on any atom is -0.396 e. The molecule has 0 atom stereocenters. The molecule has 0 saturated carbocycles. The molecule has 0 spiro atoms. The zero-order valence-corrected chi connectivity index (χ0v) is 13.8. The summed E-state index contributed by atoms with van der Waals surface area (Å²) in [6.45, 7) is 5.78. The average Bonchev–Trinajstić information content (AvgIpc) is 3.08. The molecule has 1 aromatic carbocycles. The molecule has 0 radical (unpaired) electrons. The lowest BCUT2D eigenvalue weighted by atomic mass is 9.91. The van der Waals surface area contributed by atoms with Crippen molar-refractivity contribution in [3.8, 4) is 11.3 Å². The van der Waals surface area contributed by atoms with Crippen LogP contribution in [0.1, 0.15) is 38.1 Å². The van der Waals surface area contributed by atoms with Gasteiger partial charge in [0.05, 0.1) is 0 Å². The summed E-state index contributed by atoms with van der Waals surface area (Å²) in [7, 11) is 0. The molecule has 6 nitrogen and oxygen atoms in total. The molecule has 0 unspecified atom stereocenters. The SMILES string of the molecule is CC(C)(C)c1oc(=O)oc1CCc1oc(=O)oc1-c1ccccc1. The van der Waals surface area contributed by atoms with Crippen LogP contribution in [0.4, 0.5) is 0 Å². The fourth-order valence-corrected chi connectivity index (χ4v) is 2.55. The maximum Gasteiger partial charge on any atom is 0.519 e. The number of rotatable bonds is 4. The van der Waals surface area contributed by atoms with Crippen molar-refractivity contribution in [1.82, 2.24) is 0 Å². The van der Waals surface area contributed by atoms with Crippen LogP contribution in [0.15, 0.2) is 57.6 Å². The summed E-state index contributed by atoms with van der Waals surface area (Å²) in [5, 5.41) is 0. The second kappa shape index (κ2) is 6.03. The van der Waals surface area contributed by atoms with Gasteiger partial charge in [-0.25, -0.2) is 9.59 Å². The van der Waals surface area contributed by atoms with E-state index in [1.165, 1.54) is 0 Å². The van der Waals surface area contributed by atoms with Gasteiger partial charge in [0.15, 0.2) is 23.0 Å².